The molecule has 0 rings (SSSR count). The van der Waals surface area contributed by atoms with Gasteiger partial charge in [-0.25, -0.2) is 0 Å². The van der Waals surface area contributed by atoms with E-state index in [-0.39, 0.29) is 0 Å². The molecule has 70 valence electrons. The Morgan fingerprint density at radius 1 is 1.58 bits per heavy atom. The fourth-order valence-electron chi connectivity index (χ4n) is 0.822. The maximum atomic E-state index is 9.73. The number of rotatable bonds is 7. The zero-order valence-electron chi connectivity index (χ0n) is 7.45. The van der Waals surface area contributed by atoms with Gasteiger partial charge in [-0.2, -0.15) is 0 Å². The summed E-state index contributed by atoms with van der Waals surface area (Å²) in [6.45, 7) is 3.62. The molecule has 4 heteroatoms. The highest BCUT2D eigenvalue weighted by molar-refractivity contribution is 5.80. The van der Waals surface area contributed by atoms with E-state index < -0.39 is 0 Å². The van der Waals surface area contributed by atoms with Crippen LogP contribution in [0, 0.1) is 0 Å². The Morgan fingerprint density at radius 3 is 2.92 bits per heavy atom. The van der Waals surface area contributed by atoms with Crippen LogP contribution in [0.3, 0.4) is 0 Å². The molecule has 0 unspecified atom stereocenters. The highest BCUT2D eigenvalue weighted by atomic mass is 16.5. The van der Waals surface area contributed by atoms with Crippen LogP contribution in [-0.4, -0.2) is 25.5 Å². The summed E-state index contributed by atoms with van der Waals surface area (Å²) in [5.74, 6) is 0.684. The van der Waals surface area contributed by atoms with Gasteiger partial charge in [-0.3, -0.25) is 9.79 Å². The third kappa shape index (κ3) is 7.05. The fourth-order valence-corrected chi connectivity index (χ4v) is 0.822. The number of carbonyl (C=O) groups excluding carboxylic acids is 1. The predicted molar refractivity (Wildman–Crippen MR) is 48.0 cm³/mol. The van der Waals surface area contributed by atoms with Crippen LogP contribution in [0.25, 0.3) is 0 Å². The molecule has 0 saturated heterocycles. The first-order valence-corrected chi connectivity index (χ1v) is 4.15. The summed E-state index contributed by atoms with van der Waals surface area (Å²) in [4.78, 5) is 13.8. The number of unbranched alkanes of at least 4 members (excludes halogenated alkanes) is 1. The van der Waals surface area contributed by atoms with Crippen LogP contribution in [-0.2, 0) is 9.53 Å². The van der Waals surface area contributed by atoms with E-state index in [9.17, 15) is 4.79 Å². The average Bonchev–Trinajstić information content (AvgIpc) is 2.05. The second kappa shape index (κ2) is 8.04. The Hall–Kier alpha value is -1.06. The summed E-state index contributed by atoms with van der Waals surface area (Å²) in [5, 5.41) is 0. The first kappa shape index (κ1) is 10.9. The Kier molecular flexibility index (Phi) is 7.33. The number of nitrogens with two attached hydrogens (primary N) is 1. The topological polar surface area (TPSA) is 64.7 Å². The highest BCUT2D eigenvalue weighted by Gasteiger charge is 1.92. The monoisotopic (exact) mass is 172 g/mol. The molecule has 0 spiro atoms. The van der Waals surface area contributed by atoms with Gasteiger partial charge in [-0.15, -0.1) is 0 Å². The van der Waals surface area contributed by atoms with Crippen molar-refractivity contribution >= 4 is 12.3 Å². The lowest BCUT2D eigenvalue weighted by Crippen LogP contribution is -2.12. The molecule has 0 radical (unpaired) electrons. The molecule has 0 aliphatic carbocycles. The number of hydrogen-bond acceptors (Lipinski definition) is 3. The molecule has 0 saturated carbocycles. The van der Waals surface area contributed by atoms with E-state index in [1.165, 1.54) is 0 Å². The molecule has 0 atom stereocenters. The number of amidine groups is 1. The Morgan fingerprint density at radius 2 is 2.33 bits per heavy atom. The molecule has 0 aliphatic heterocycles. The van der Waals surface area contributed by atoms with E-state index in [0.29, 0.717) is 18.9 Å². The van der Waals surface area contributed by atoms with Crippen molar-refractivity contribution in [2.75, 3.05) is 13.2 Å². The Labute approximate surface area is 72.8 Å². The number of nitrogens with zero attached hydrogens (tertiary/aromatic N) is 1. The van der Waals surface area contributed by atoms with Crippen LogP contribution < -0.4 is 5.73 Å². The molecule has 4 nitrogen and oxygen atoms in total. The maximum Gasteiger partial charge on any atom is 0.293 e. The SMILES string of the molecule is CCN=C(N)CCCCOC=O. The van der Waals surface area contributed by atoms with Crippen molar-refractivity contribution in [2.24, 2.45) is 10.7 Å². The first-order chi connectivity index (χ1) is 5.81. The zero-order chi connectivity index (χ0) is 9.23. The van der Waals surface area contributed by atoms with Gasteiger partial charge in [0.2, 0.25) is 0 Å². The third-order valence-corrected chi connectivity index (χ3v) is 1.37. The highest BCUT2D eigenvalue weighted by Crippen LogP contribution is 1.95. The fraction of sp³-hybridized carbons (Fsp3) is 0.750. The summed E-state index contributed by atoms with van der Waals surface area (Å²) in [6, 6.07) is 0. The lowest BCUT2D eigenvalue weighted by molar-refractivity contribution is -0.128. The van der Waals surface area contributed by atoms with Gasteiger partial charge in [0.15, 0.2) is 0 Å². The minimum atomic E-state index is 0.462. The molecule has 0 aromatic rings. The Balaban J connectivity index is 3.19. The molecule has 0 fully saturated rings. The van der Waals surface area contributed by atoms with Crippen molar-refractivity contribution in [3.8, 4) is 0 Å². The van der Waals surface area contributed by atoms with Crippen LogP contribution in [0.15, 0.2) is 4.99 Å². The van der Waals surface area contributed by atoms with Crippen molar-refractivity contribution in [3.05, 3.63) is 0 Å². The van der Waals surface area contributed by atoms with E-state index in [0.717, 1.165) is 25.8 Å². The van der Waals surface area contributed by atoms with Crippen LogP contribution in [0.2, 0.25) is 0 Å². The second-order valence-corrected chi connectivity index (χ2v) is 2.39. The molecule has 0 aliphatic rings. The van der Waals surface area contributed by atoms with Gasteiger partial charge in [0.1, 0.15) is 0 Å². The standard InChI is InChI=1S/C8H16N2O2/c1-2-10-8(9)5-3-4-6-12-7-11/h7H,2-6H2,1H3,(H2,9,10). The molecule has 0 heterocycles. The summed E-state index contributed by atoms with van der Waals surface area (Å²) < 4.78 is 4.51. The summed E-state index contributed by atoms with van der Waals surface area (Å²) >= 11 is 0. The van der Waals surface area contributed by atoms with Crippen molar-refractivity contribution < 1.29 is 9.53 Å². The van der Waals surface area contributed by atoms with Crippen molar-refractivity contribution in [2.45, 2.75) is 26.2 Å². The molecule has 0 aromatic carbocycles. The van der Waals surface area contributed by atoms with Crippen molar-refractivity contribution in [1.82, 2.24) is 0 Å². The predicted octanol–water partition coefficient (Wildman–Crippen LogP) is 0.707. The van der Waals surface area contributed by atoms with E-state index in [1.807, 2.05) is 6.92 Å². The second-order valence-electron chi connectivity index (χ2n) is 2.39. The summed E-state index contributed by atoms with van der Waals surface area (Å²) in [6.07, 6.45) is 2.55. The van der Waals surface area contributed by atoms with Gasteiger partial charge >= 0.3 is 0 Å². The normalized spacial score (nSPS) is 11.2. The van der Waals surface area contributed by atoms with Gasteiger partial charge in [0.25, 0.3) is 6.47 Å². The molecular weight excluding hydrogens is 156 g/mol. The van der Waals surface area contributed by atoms with Crippen LogP contribution in [0.1, 0.15) is 26.2 Å². The van der Waals surface area contributed by atoms with Gasteiger partial charge in [0, 0.05) is 13.0 Å². The van der Waals surface area contributed by atoms with Crippen molar-refractivity contribution in [1.29, 1.82) is 0 Å². The first-order valence-electron chi connectivity index (χ1n) is 4.15. The summed E-state index contributed by atoms with van der Waals surface area (Å²) in [5.41, 5.74) is 5.54. The third-order valence-electron chi connectivity index (χ3n) is 1.37. The van der Waals surface area contributed by atoms with E-state index in [4.69, 9.17) is 5.73 Å². The molecule has 12 heavy (non-hydrogen) atoms. The summed E-state index contributed by atoms with van der Waals surface area (Å²) in [7, 11) is 0. The van der Waals surface area contributed by atoms with E-state index in [2.05, 4.69) is 9.73 Å². The number of carbonyl (C=O) groups is 1. The smallest absolute Gasteiger partial charge is 0.293 e. The number of aliphatic imine (C=N–C) groups is 1. The molecule has 0 bridgehead atoms. The molecule has 0 amide bonds. The zero-order valence-corrected chi connectivity index (χ0v) is 7.45. The average molecular weight is 172 g/mol. The Bertz CT molecular complexity index is 146. The number of ether oxygens (including phenoxy) is 1. The van der Waals surface area contributed by atoms with Crippen LogP contribution >= 0.6 is 0 Å². The van der Waals surface area contributed by atoms with Crippen molar-refractivity contribution in [3.63, 3.8) is 0 Å². The van der Waals surface area contributed by atoms with Gasteiger partial charge in [0.05, 0.1) is 12.4 Å². The lowest BCUT2D eigenvalue weighted by atomic mass is 10.2. The minimum Gasteiger partial charge on any atom is -0.468 e. The molecule has 2 N–H and O–H groups in total. The van der Waals surface area contributed by atoms with Gasteiger partial charge < -0.3 is 10.5 Å². The lowest BCUT2D eigenvalue weighted by Gasteiger charge is -1.99. The molecular formula is C8H16N2O2. The van der Waals surface area contributed by atoms with E-state index >= 15 is 0 Å². The number of hydrogen-bond donors (Lipinski definition) is 1. The van der Waals surface area contributed by atoms with E-state index in [1.54, 1.807) is 0 Å². The van der Waals surface area contributed by atoms with Crippen LogP contribution in [0.5, 0.6) is 0 Å². The van der Waals surface area contributed by atoms with Crippen LogP contribution in [0.4, 0.5) is 0 Å². The quantitative estimate of drug-likeness (QED) is 0.266. The van der Waals surface area contributed by atoms with Gasteiger partial charge in [-0.05, 0) is 19.8 Å². The maximum absolute atomic E-state index is 9.73. The molecule has 0 aromatic heterocycles. The largest absolute Gasteiger partial charge is 0.468 e. The van der Waals surface area contributed by atoms with Gasteiger partial charge in [-0.1, -0.05) is 0 Å². The minimum absolute atomic E-state index is 0.462.